The second-order valence-electron chi connectivity index (χ2n) is 4.21. The number of nitrogens with one attached hydrogen (secondary N) is 2. The molecular weight excluding hydrogens is 283 g/mol. The van der Waals surface area contributed by atoms with Gasteiger partial charge in [0.05, 0.1) is 0 Å². The Bertz CT molecular complexity index is 586. The van der Waals surface area contributed by atoms with Crippen LogP contribution in [0.1, 0.15) is 11.5 Å². The van der Waals surface area contributed by atoms with Crippen molar-refractivity contribution in [1.82, 2.24) is 15.0 Å². The molecule has 0 atom stereocenters. The van der Waals surface area contributed by atoms with Crippen LogP contribution in [0.2, 0.25) is 0 Å². The highest BCUT2D eigenvalue weighted by Crippen LogP contribution is 2.28. The van der Waals surface area contributed by atoms with Crippen LogP contribution < -0.4 is 10.6 Å². The van der Waals surface area contributed by atoms with Crippen LogP contribution in [0.15, 0.2) is 30.5 Å². The number of nitrogens with zero attached hydrogens (tertiary/aromatic N) is 3. The normalized spacial score (nSPS) is 11.2. The molecule has 2 aromatic heterocycles. The monoisotopic (exact) mass is 297 g/mol. The highest BCUT2D eigenvalue weighted by atomic mass is 19.4. The van der Waals surface area contributed by atoms with Crippen LogP contribution in [-0.4, -0.2) is 28.5 Å². The van der Waals surface area contributed by atoms with Crippen LogP contribution in [0.4, 0.5) is 24.8 Å². The highest BCUT2D eigenvalue weighted by Gasteiger charge is 2.35. The quantitative estimate of drug-likeness (QED) is 0.888. The number of hydrogen-bond donors (Lipinski definition) is 2. The number of halogens is 3. The summed E-state index contributed by atoms with van der Waals surface area (Å²) >= 11 is 0. The highest BCUT2D eigenvalue weighted by molar-refractivity contribution is 5.47. The van der Waals surface area contributed by atoms with Gasteiger partial charge >= 0.3 is 6.18 Å². The van der Waals surface area contributed by atoms with Crippen molar-refractivity contribution in [3.8, 4) is 0 Å². The van der Waals surface area contributed by atoms with Crippen molar-refractivity contribution in [3.05, 3.63) is 42.0 Å². The molecule has 0 bridgehead atoms. The fourth-order valence-electron chi connectivity index (χ4n) is 1.66. The number of alkyl halides is 3. The predicted molar refractivity (Wildman–Crippen MR) is 73.0 cm³/mol. The average molecular weight is 297 g/mol. The molecule has 0 aliphatic carbocycles. The minimum Gasteiger partial charge on any atom is -0.373 e. The lowest BCUT2D eigenvalue weighted by Crippen LogP contribution is -2.15. The third-order valence-corrected chi connectivity index (χ3v) is 2.65. The zero-order valence-corrected chi connectivity index (χ0v) is 11.3. The van der Waals surface area contributed by atoms with Crippen molar-refractivity contribution in [2.45, 2.75) is 12.6 Å². The van der Waals surface area contributed by atoms with Crippen molar-refractivity contribution in [2.75, 3.05) is 24.2 Å². The van der Waals surface area contributed by atoms with Crippen LogP contribution in [0.25, 0.3) is 0 Å². The molecule has 0 aromatic carbocycles. The van der Waals surface area contributed by atoms with Crippen LogP contribution in [0.5, 0.6) is 0 Å². The van der Waals surface area contributed by atoms with Gasteiger partial charge in [-0.1, -0.05) is 6.07 Å². The van der Waals surface area contributed by atoms with Crippen molar-refractivity contribution < 1.29 is 13.2 Å². The molecule has 0 amide bonds. The summed E-state index contributed by atoms with van der Waals surface area (Å²) < 4.78 is 38.0. The van der Waals surface area contributed by atoms with Gasteiger partial charge < -0.3 is 10.6 Å². The van der Waals surface area contributed by atoms with E-state index in [9.17, 15) is 13.2 Å². The Morgan fingerprint density at radius 3 is 2.52 bits per heavy atom. The van der Waals surface area contributed by atoms with E-state index >= 15 is 0 Å². The third-order valence-electron chi connectivity index (χ3n) is 2.65. The van der Waals surface area contributed by atoms with E-state index in [2.05, 4.69) is 25.6 Å². The predicted octanol–water partition coefficient (Wildman–Crippen LogP) is 2.59. The summed E-state index contributed by atoms with van der Waals surface area (Å²) in [4.78, 5) is 11.0. The Balaban J connectivity index is 2.05. The van der Waals surface area contributed by atoms with Gasteiger partial charge in [-0.3, -0.25) is 4.98 Å². The molecule has 2 rings (SSSR count). The first-order valence-corrected chi connectivity index (χ1v) is 6.27. The molecule has 0 radical (unpaired) electrons. The molecule has 8 heteroatoms. The minimum absolute atomic E-state index is 0.109. The van der Waals surface area contributed by atoms with E-state index in [-0.39, 0.29) is 11.6 Å². The summed E-state index contributed by atoms with van der Waals surface area (Å²) in [7, 11) is 1.50. The molecule has 0 saturated carbocycles. The lowest BCUT2D eigenvalue weighted by atomic mass is 10.3. The van der Waals surface area contributed by atoms with E-state index in [0.717, 1.165) is 5.69 Å². The van der Waals surface area contributed by atoms with Crippen LogP contribution in [0.3, 0.4) is 0 Å². The van der Waals surface area contributed by atoms with Gasteiger partial charge in [0, 0.05) is 38.0 Å². The van der Waals surface area contributed by atoms with Crippen molar-refractivity contribution in [1.29, 1.82) is 0 Å². The lowest BCUT2D eigenvalue weighted by molar-refractivity contribution is -0.144. The fraction of sp³-hybridized carbons (Fsp3) is 0.308. The number of rotatable bonds is 5. The van der Waals surface area contributed by atoms with Gasteiger partial charge in [-0.15, -0.1) is 0 Å². The van der Waals surface area contributed by atoms with Crippen molar-refractivity contribution >= 4 is 11.6 Å². The van der Waals surface area contributed by atoms with Gasteiger partial charge in [-0.2, -0.15) is 13.2 Å². The van der Waals surface area contributed by atoms with Crippen molar-refractivity contribution in [3.63, 3.8) is 0 Å². The molecule has 2 heterocycles. The number of hydrogen-bond acceptors (Lipinski definition) is 5. The zero-order valence-electron chi connectivity index (χ0n) is 11.3. The van der Waals surface area contributed by atoms with Crippen LogP contribution in [-0.2, 0) is 12.6 Å². The minimum atomic E-state index is -4.58. The third kappa shape index (κ3) is 4.30. The van der Waals surface area contributed by atoms with E-state index in [0.29, 0.717) is 13.0 Å². The molecule has 0 spiro atoms. The summed E-state index contributed by atoms with van der Waals surface area (Å²) in [6.45, 7) is 0.425. The van der Waals surface area contributed by atoms with Gasteiger partial charge in [0.2, 0.25) is 5.82 Å². The molecule has 0 aliphatic heterocycles. The lowest BCUT2D eigenvalue weighted by Gasteiger charge is -2.11. The number of pyridine rings is 1. The van der Waals surface area contributed by atoms with Gasteiger partial charge in [-0.05, 0) is 12.1 Å². The maximum atomic E-state index is 12.7. The van der Waals surface area contributed by atoms with Crippen LogP contribution in [0, 0.1) is 0 Å². The average Bonchev–Trinajstić information content (AvgIpc) is 2.47. The Morgan fingerprint density at radius 2 is 1.90 bits per heavy atom. The van der Waals surface area contributed by atoms with Gasteiger partial charge in [0.1, 0.15) is 11.6 Å². The molecular formula is C13H14F3N5. The summed E-state index contributed by atoms with van der Waals surface area (Å²) in [5, 5.41) is 5.43. The largest absolute Gasteiger partial charge is 0.451 e. The molecule has 0 aliphatic rings. The molecule has 112 valence electrons. The number of aromatic nitrogens is 3. The fourth-order valence-corrected chi connectivity index (χ4v) is 1.66. The smallest absolute Gasteiger partial charge is 0.373 e. The second-order valence-corrected chi connectivity index (χ2v) is 4.21. The number of anilines is 2. The van der Waals surface area contributed by atoms with E-state index < -0.39 is 12.0 Å². The standard InChI is InChI=1S/C13H14F3N5/c1-17-10-8-11(21-12(20-10)13(14,15)16)19-7-5-9-4-2-3-6-18-9/h2-4,6,8H,5,7H2,1H3,(H2,17,19,20,21). The Morgan fingerprint density at radius 1 is 1.14 bits per heavy atom. The molecule has 0 unspecified atom stereocenters. The molecule has 2 aromatic rings. The maximum Gasteiger partial charge on any atom is 0.451 e. The van der Waals surface area contributed by atoms with E-state index in [1.165, 1.54) is 13.1 Å². The van der Waals surface area contributed by atoms with Gasteiger partial charge in [-0.25, -0.2) is 9.97 Å². The van der Waals surface area contributed by atoms with Crippen LogP contribution >= 0.6 is 0 Å². The summed E-state index contributed by atoms with van der Waals surface area (Å²) in [5.74, 6) is -0.940. The van der Waals surface area contributed by atoms with E-state index in [1.807, 2.05) is 12.1 Å². The Kier molecular flexibility index (Phi) is 4.56. The molecule has 21 heavy (non-hydrogen) atoms. The van der Waals surface area contributed by atoms with E-state index in [1.54, 1.807) is 12.3 Å². The summed E-state index contributed by atoms with van der Waals surface area (Å²) in [6, 6.07) is 6.93. The molecule has 0 fully saturated rings. The topological polar surface area (TPSA) is 62.7 Å². The molecule has 2 N–H and O–H groups in total. The van der Waals surface area contributed by atoms with Gasteiger partial charge in [0.25, 0.3) is 0 Å². The maximum absolute atomic E-state index is 12.7. The zero-order chi connectivity index (χ0) is 15.3. The molecule has 0 saturated heterocycles. The first kappa shape index (κ1) is 15.0. The Hall–Kier alpha value is -2.38. The Labute approximate surface area is 119 Å². The SMILES string of the molecule is CNc1cc(NCCc2ccccn2)nc(C(F)(F)F)n1. The van der Waals surface area contributed by atoms with E-state index in [4.69, 9.17) is 0 Å². The first-order valence-electron chi connectivity index (χ1n) is 6.27. The van der Waals surface area contributed by atoms with Gasteiger partial charge in [0.15, 0.2) is 0 Å². The molecule has 5 nitrogen and oxygen atoms in total. The summed E-state index contributed by atoms with van der Waals surface area (Å²) in [6.07, 6.45) is -2.33. The van der Waals surface area contributed by atoms with Crippen molar-refractivity contribution in [2.24, 2.45) is 0 Å². The first-order chi connectivity index (χ1) is 9.99. The second kappa shape index (κ2) is 6.38. The summed E-state index contributed by atoms with van der Waals surface area (Å²) in [5.41, 5.74) is 0.851.